The number of rotatable bonds is 3. The van der Waals surface area contributed by atoms with Crippen molar-refractivity contribution in [2.24, 2.45) is 0 Å². The van der Waals surface area contributed by atoms with Crippen LogP contribution in [0, 0.1) is 5.82 Å². The number of hydrogen-bond acceptors (Lipinski definition) is 5. The molecule has 2 rings (SSSR count). The molecular weight excluding hydrogens is 225 g/mol. The lowest BCUT2D eigenvalue weighted by atomic mass is 10.2. The molecule has 1 atom stereocenters. The Balaban J connectivity index is 2.14. The highest BCUT2D eigenvalue weighted by Gasteiger charge is 2.33. The van der Waals surface area contributed by atoms with Crippen LogP contribution in [0.4, 0.5) is 10.3 Å². The van der Waals surface area contributed by atoms with Crippen molar-refractivity contribution >= 4 is 11.9 Å². The molecule has 5 nitrogen and oxygen atoms in total. The highest BCUT2D eigenvalue weighted by molar-refractivity contribution is 5.80. The summed E-state index contributed by atoms with van der Waals surface area (Å²) in [5.41, 5.74) is 0. The molecule has 0 N–H and O–H groups in total. The molecule has 0 aliphatic carbocycles. The number of anilines is 1. The third-order valence-corrected chi connectivity index (χ3v) is 2.68. The Morgan fingerprint density at radius 2 is 2.29 bits per heavy atom. The van der Waals surface area contributed by atoms with Crippen molar-refractivity contribution in [3.8, 4) is 0 Å². The Bertz CT molecular complexity index is 396. The first-order valence-corrected chi connectivity index (χ1v) is 5.63. The number of nitrogens with zero attached hydrogens (tertiary/aromatic N) is 3. The van der Waals surface area contributed by atoms with Gasteiger partial charge in [0.1, 0.15) is 6.04 Å². The molecule has 92 valence electrons. The first-order chi connectivity index (χ1) is 8.22. The third kappa shape index (κ3) is 2.51. The van der Waals surface area contributed by atoms with Crippen LogP contribution in [0.25, 0.3) is 0 Å². The first-order valence-electron chi connectivity index (χ1n) is 5.63. The predicted octanol–water partition coefficient (Wildman–Crippen LogP) is 1.15. The third-order valence-electron chi connectivity index (χ3n) is 2.68. The summed E-state index contributed by atoms with van der Waals surface area (Å²) >= 11 is 0. The van der Waals surface area contributed by atoms with Crippen LogP contribution in [0.1, 0.15) is 19.8 Å². The van der Waals surface area contributed by atoms with Crippen LogP contribution < -0.4 is 4.90 Å². The van der Waals surface area contributed by atoms with E-state index in [0.29, 0.717) is 19.1 Å². The van der Waals surface area contributed by atoms with Crippen molar-refractivity contribution in [1.82, 2.24) is 9.97 Å². The van der Waals surface area contributed by atoms with Crippen LogP contribution in [0.2, 0.25) is 0 Å². The largest absolute Gasteiger partial charge is 0.464 e. The van der Waals surface area contributed by atoms with E-state index in [4.69, 9.17) is 4.74 Å². The second kappa shape index (κ2) is 5.07. The number of hydrogen-bond donors (Lipinski definition) is 0. The standard InChI is InChI=1S/C11H14FN3O2/c1-2-17-10(16)9-4-3-5-15(9)11-13-6-8(12)7-14-11/h6-7,9H,2-5H2,1H3. The van der Waals surface area contributed by atoms with E-state index in [-0.39, 0.29) is 12.0 Å². The number of ether oxygens (including phenoxy) is 1. The highest BCUT2D eigenvalue weighted by atomic mass is 19.1. The minimum atomic E-state index is -0.486. The van der Waals surface area contributed by atoms with E-state index in [1.807, 2.05) is 0 Å². The normalized spacial score (nSPS) is 19.4. The molecule has 6 heteroatoms. The fourth-order valence-corrected chi connectivity index (χ4v) is 1.94. The summed E-state index contributed by atoms with van der Waals surface area (Å²) in [6.07, 6.45) is 3.80. The Labute approximate surface area is 98.6 Å². The van der Waals surface area contributed by atoms with E-state index < -0.39 is 5.82 Å². The van der Waals surface area contributed by atoms with Gasteiger partial charge >= 0.3 is 5.97 Å². The quantitative estimate of drug-likeness (QED) is 0.740. The molecule has 1 aromatic rings. The number of carbonyl (C=O) groups is 1. The minimum Gasteiger partial charge on any atom is -0.464 e. The smallest absolute Gasteiger partial charge is 0.328 e. The summed E-state index contributed by atoms with van der Waals surface area (Å²) < 4.78 is 17.7. The number of aromatic nitrogens is 2. The van der Waals surface area contributed by atoms with Crippen molar-refractivity contribution in [1.29, 1.82) is 0 Å². The number of carbonyl (C=O) groups excluding carboxylic acids is 1. The molecular formula is C11H14FN3O2. The molecule has 0 radical (unpaired) electrons. The molecule has 0 amide bonds. The van der Waals surface area contributed by atoms with Gasteiger partial charge in [-0.3, -0.25) is 0 Å². The summed E-state index contributed by atoms with van der Waals surface area (Å²) in [6.45, 7) is 2.81. The van der Waals surface area contributed by atoms with Crippen LogP contribution in [-0.4, -0.2) is 35.1 Å². The SMILES string of the molecule is CCOC(=O)C1CCCN1c1ncc(F)cn1. The molecule has 2 heterocycles. The van der Waals surface area contributed by atoms with Crippen LogP contribution in [0.15, 0.2) is 12.4 Å². The van der Waals surface area contributed by atoms with Crippen LogP contribution in [-0.2, 0) is 9.53 Å². The zero-order valence-electron chi connectivity index (χ0n) is 9.60. The molecule has 1 aromatic heterocycles. The van der Waals surface area contributed by atoms with Gasteiger partial charge in [0.15, 0.2) is 5.82 Å². The van der Waals surface area contributed by atoms with Crippen LogP contribution in [0.3, 0.4) is 0 Å². The zero-order valence-corrected chi connectivity index (χ0v) is 9.60. The first kappa shape index (κ1) is 11.8. The van der Waals surface area contributed by atoms with E-state index >= 15 is 0 Å². The van der Waals surface area contributed by atoms with Crippen molar-refractivity contribution in [3.05, 3.63) is 18.2 Å². The van der Waals surface area contributed by atoms with Gasteiger partial charge in [-0.05, 0) is 19.8 Å². The van der Waals surface area contributed by atoms with E-state index in [0.717, 1.165) is 25.2 Å². The summed E-state index contributed by atoms with van der Waals surface area (Å²) in [4.78, 5) is 21.2. The average molecular weight is 239 g/mol. The van der Waals surface area contributed by atoms with Crippen molar-refractivity contribution in [3.63, 3.8) is 0 Å². The lowest BCUT2D eigenvalue weighted by molar-refractivity contribution is -0.144. The molecule has 1 unspecified atom stereocenters. The second-order valence-corrected chi connectivity index (χ2v) is 3.80. The molecule has 0 saturated carbocycles. The van der Waals surface area contributed by atoms with Gasteiger partial charge in [-0.15, -0.1) is 0 Å². The van der Waals surface area contributed by atoms with Crippen molar-refractivity contribution in [2.45, 2.75) is 25.8 Å². The van der Waals surface area contributed by atoms with Gasteiger partial charge in [-0.25, -0.2) is 19.2 Å². The molecule has 1 aliphatic heterocycles. The number of esters is 1. The van der Waals surface area contributed by atoms with Crippen molar-refractivity contribution in [2.75, 3.05) is 18.1 Å². The van der Waals surface area contributed by atoms with Gasteiger partial charge < -0.3 is 9.64 Å². The number of halogens is 1. The predicted molar refractivity (Wildman–Crippen MR) is 59.0 cm³/mol. The lowest BCUT2D eigenvalue weighted by Gasteiger charge is -2.22. The van der Waals surface area contributed by atoms with Gasteiger partial charge in [0.2, 0.25) is 5.95 Å². The Kier molecular flexibility index (Phi) is 3.51. The monoisotopic (exact) mass is 239 g/mol. The van der Waals surface area contributed by atoms with Crippen LogP contribution in [0.5, 0.6) is 0 Å². The zero-order chi connectivity index (χ0) is 12.3. The summed E-state index contributed by atoms with van der Waals surface area (Å²) in [6, 6.07) is -0.347. The summed E-state index contributed by atoms with van der Waals surface area (Å²) in [5.74, 6) is -0.375. The molecule has 17 heavy (non-hydrogen) atoms. The maximum absolute atomic E-state index is 12.7. The average Bonchev–Trinajstić information content (AvgIpc) is 2.79. The molecule has 0 aromatic carbocycles. The van der Waals surface area contributed by atoms with Gasteiger partial charge in [-0.2, -0.15) is 0 Å². The van der Waals surface area contributed by atoms with E-state index in [1.54, 1.807) is 11.8 Å². The molecule has 1 saturated heterocycles. The van der Waals surface area contributed by atoms with Gasteiger partial charge in [0.25, 0.3) is 0 Å². The van der Waals surface area contributed by atoms with Gasteiger partial charge in [0.05, 0.1) is 19.0 Å². The fourth-order valence-electron chi connectivity index (χ4n) is 1.94. The summed E-state index contributed by atoms with van der Waals surface area (Å²) in [5, 5.41) is 0. The Hall–Kier alpha value is -1.72. The lowest BCUT2D eigenvalue weighted by Crippen LogP contribution is -2.38. The van der Waals surface area contributed by atoms with E-state index in [1.165, 1.54) is 0 Å². The minimum absolute atomic E-state index is 0.266. The maximum atomic E-state index is 12.7. The Morgan fingerprint density at radius 3 is 2.94 bits per heavy atom. The highest BCUT2D eigenvalue weighted by Crippen LogP contribution is 2.22. The second-order valence-electron chi connectivity index (χ2n) is 3.80. The van der Waals surface area contributed by atoms with E-state index in [2.05, 4.69) is 9.97 Å². The molecule has 0 bridgehead atoms. The molecule has 0 spiro atoms. The molecule has 1 aliphatic rings. The van der Waals surface area contributed by atoms with Gasteiger partial charge in [0, 0.05) is 6.54 Å². The Morgan fingerprint density at radius 1 is 1.59 bits per heavy atom. The summed E-state index contributed by atoms with van der Waals surface area (Å²) in [7, 11) is 0. The van der Waals surface area contributed by atoms with E-state index in [9.17, 15) is 9.18 Å². The van der Waals surface area contributed by atoms with Crippen molar-refractivity contribution < 1.29 is 13.9 Å². The maximum Gasteiger partial charge on any atom is 0.328 e. The topological polar surface area (TPSA) is 55.3 Å². The van der Waals surface area contributed by atoms with Gasteiger partial charge in [-0.1, -0.05) is 0 Å². The van der Waals surface area contributed by atoms with Crippen LogP contribution >= 0.6 is 0 Å². The molecule has 1 fully saturated rings. The fraction of sp³-hybridized carbons (Fsp3) is 0.545.